The molecule has 1 atom stereocenters. The Kier molecular flexibility index (Phi) is 5.42. The highest BCUT2D eigenvalue weighted by Gasteiger charge is 2.26. The average Bonchev–Trinajstić information content (AvgIpc) is 3.23. The minimum absolute atomic E-state index is 0.123. The van der Waals surface area contributed by atoms with Gasteiger partial charge in [0.2, 0.25) is 5.91 Å². The van der Waals surface area contributed by atoms with E-state index in [9.17, 15) is 4.79 Å². The largest absolute Gasteiger partial charge is 0.497 e. The second kappa shape index (κ2) is 7.71. The van der Waals surface area contributed by atoms with Gasteiger partial charge in [-0.25, -0.2) is 0 Å². The molecule has 1 heterocycles. The summed E-state index contributed by atoms with van der Waals surface area (Å²) in [6.45, 7) is 1.44. The fourth-order valence-electron chi connectivity index (χ4n) is 3.78. The lowest BCUT2D eigenvalue weighted by molar-refractivity contribution is -0.119. The first kappa shape index (κ1) is 16.2. The van der Waals surface area contributed by atoms with Gasteiger partial charge in [-0.3, -0.25) is 4.79 Å². The second-order valence-corrected chi connectivity index (χ2v) is 6.75. The van der Waals surface area contributed by atoms with Gasteiger partial charge in [-0.1, -0.05) is 31.7 Å². The molecule has 1 aliphatic heterocycles. The third kappa shape index (κ3) is 4.18. The van der Waals surface area contributed by atoms with Crippen molar-refractivity contribution < 1.29 is 14.3 Å². The summed E-state index contributed by atoms with van der Waals surface area (Å²) in [5.74, 6) is 2.91. The zero-order chi connectivity index (χ0) is 16.1. The summed E-state index contributed by atoms with van der Waals surface area (Å²) in [6, 6.07) is 5.94. The van der Waals surface area contributed by atoms with Crippen LogP contribution in [0.15, 0.2) is 18.2 Å². The first-order valence-electron chi connectivity index (χ1n) is 8.83. The van der Waals surface area contributed by atoms with E-state index in [1.54, 1.807) is 7.11 Å². The number of benzene rings is 1. The van der Waals surface area contributed by atoms with Crippen LogP contribution in [0.3, 0.4) is 0 Å². The Morgan fingerprint density at radius 3 is 2.78 bits per heavy atom. The molecule has 1 aromatic rings. The summed E-state index contributed by atoms with van der Waals surface area (Å²) in [4.78, 5) is 11.5. The number of ether oxygens (including phenoxy) is 2. The van der Waals surface area contributed by atoms with Gasteiger partial charge >= 0.3 is 0 Å². The Morgan fingerprint density at radius 2 is 2.09 bits per heavy atom. The third-order valence-corrected chi connectivity index (χ3v) is 5.13. The van der Waals surface area contributed by atoms with Gasteiger partial charge in [0.15, 0.2) is 0 Å². The van der Waals surface area contributed by atoms with Crippen LogP contribution in [0.1, 0.15) is 56.4 Å². The predicted octanol–water partition coefficient (Wildman–Crippen LogP) is 3.65. The maximum absolute atomic E-state index is 11.5. The van der Waals surface area contributed by atoms with Crippen molar-refractivity contribution in [3.63, 3.8) is 0 Å². The molecule has 0 spiro atoms. The van der Waals surface area contributed by atoms with Crippen molar-refractivity contribution >= 4 is 5.91 Å². The molecule has 23 heavy (non-hydrogen) atoms. The maximum atomic E-state index is 11.5. The SMILES string of the molecule is COc1ccc(C2CNC(=O)C2)c(OCCCC2CCCC2)c1. The molecule has 1 aromatic carbocycles. The number of hydrogen-bond donors (Lipinski definition) is 1. The van der Waals surface area contributed by atoms with E-state index < -0.39 is 0 Å². The molecule has 0 bridgehead atoms. The summed E-state index contributed by atoms with van der Waals surface area (Å²) in [6.07, 6.45) is 8.49. The highest BCUT2D eigenvalue weighted by molar-refractivity contribution is 5.79. The van der Waals surface area contributed by atoms with Crippen LogP contribution in [0, 0.1) is 5.92 Å². The summed E-state index contributed by atoms with van der Waals surface area (Å²) >= 11 is 0. The monoisotopic (exact) mass is 317 g/mol. The van der Waals surface area contributed by atoms with Crippen molar-refractivity contribution in [1.82, 2.24) is 5.32 Å². The van der Waals surface area contributed by atoms with Crippen LogP contribution in [0.2, 0.25) is 0 Å². The highest BCUT2D eigenvalue weighted by Crippen LogP contribution is 2.34. The number of carbonyl (C=O) groups is 1. The summed E-state index contributed by atoms with van der Waals surface area (Å²) in [7, 11) is 1.67. The normalized spacial score (nSPS) is 21.4. The second-order valence-electron chi connectivity index (χ2n) is 6.75. The number of amides is 1. The summed E-state index contributed by atoms with van der Waals surface area (Å²) in [5, 5.41) is 2.90. The smallest absolute Gasteiger partial charge is 0.220 e. The topological polar surface area (TPSA) is 47.6 Å². The lowest BCUT2D eigenvalue weighted by Crippen LogP contribution is -2.13. The molecule has 1 saturated carbocycles. The fourth-order valence-corrected chi connectivity index (χ4v) is 3.78. The minimum atomic E-state index is 0.123. The van der Waals surface area contributed by atoms with Crippen LogP contribution in [0.4, 0.5) is 0 Å². The van der Waals surface area contributed by atoms with E-state index in [1.807, 2.05) is 18.2 Å². The van der Waals surface area contributed by atoms with Gasteiger partial charge < -0.3 is 14.8 Å². The first-order chi connectivity index (χ1) is 11.3. The average molecular weight is 317 g/mol. The van der Waals surface area contributed by atoms with Crippen molar-refractivity contribution in [3.05, 3.63) is 23.8 Å². The zero-order valence-electron chi connectivity index (χ0n) is 14.0. The fraction of sp³-hybridized carbons (Fsp3) is 0.632. The lowest BCUT2D eigenvalue weighted by atomic mass is 9.97. The van der Waals surface area contributed by atoms with E-state index in [4.69, 9.17) is 9.47 Å². The third-order valence-electron chi connectivity index (χ3n) is 5.13. The Morgan fingerprint density at radius 1 is 1.26 bits per heavy atom. The van der Waals surface area contributed by atoms with Crippen molar-refractivity contribution in [3.8, 4) is 11.5 Å². The molecule has 3 rings (SSSR count). The van der Waals surface area contributed by atoms with Crippen LogP contribution in [-0.4, -0.2) is 26.2 Å². The van der Waals surface area contributed by atoms with Crippen molar-refractivity contribution in [2.24, 2.45) is 5.92 Å². The van der Waals surface area contributed by atoms with Crippen LogP contribution < -0.4 is 14.8 Å². The van der Waals surface area contributed by atoms with Crippen LogP contribution >= 0.6 is 0 Å². The van der Waals surface area contributed by atoms with Crippen molar-refractivity contribution in [2.45, 2.75) is 50.9 Å². The quantitative estimate of drug-likeness (QED) is 0.781. The van der Waals surface area contributed by atoms with Gasteiger partial charge in [0.25, 0.3) is 0 Å². The molecule has 4 heteroatoms. The number of carbonyl (C=O) groups excluding carboxylic acids is 1. The Labute approximate surface area is 138 Å². The van der Waals surface area contributed by atoms with E-state index in [0.29, 0.717) is 13.0 Å². The van der Waals surface area contributed by atoms with Crippen LogP contribution in [0.5, 0.6) is 11.5 Å². The van der Waals surface area contributed by atoms with E-state index in [-0.39, 0.29) is 11.8 Å². The number of hydrogen-bond acceptors (Lipinski definition) is 3. The van der Waals surface area contributed by atoms with Crippen LogP contribution in [-0.2, 0) is 4.79 Å². The first-order valence-corrected chi connectivity index (χ1v) is 8.83. The standard InChI is InChI=1S/C19H27NO3/c1-22-16-8-9-17(15-11-19(21)20-13-15)18(12-16)23-10-4-7-14-5-2-3-6-14/h8-9,12,14-15H,2-7,10-11,13H2,1H3,(H,20,21). The highest BCUT2D eigenvalue weighted by atomic mass is 16.5. The van der Waals surface area contributed by atoms with Gasteiger partial charge in [0, 0.05) is 24.9 Å². The van der Waals surface area contributed by atoms with Gasteiger partial charge in [0.1, 0.15) is 11.5 Å². The van der Waals surface area contributed by atoms with Gasteiger partial charge in [-0.2, -0.15) is 0 Å². The molecule has 1 amide bonds. The summed E-state index contributed by atoms with van der Waals surface area (Å²) < 4.78 is 11.4. The Balaban J connectivity index is 1.60. The molecule has 0 radical (unpaired) electrons. The molecule has 126 valence electrons. The molecule has 0 aromatic heterocycles. The van der Waals surface area contributed by atoms with Crippen LogP contribution in [0.25, 0.3) is 0 Å². The number of rotatable bonds is 7. The Bertz CT molecular complexity index is 537. The molecule has 1 unspecified atom stereocenters. The molecule has 1 aliphatic carbocycles. The van der Waals surface area contributed by atoms with Crippen molar-refractivity contribution in [1.29, 1.82) is 0 Å². The Hall–Kier alpha value is -1.71. The molecule has 2 aliphatic rings. The summed E-state index contributed by atoms with van der Waals surface area (Å²) in [5.41, 5.74) is 1.12. The molecule has 1 N–H and O–H groups in total. The lowest BCUT2D eigenvalue weighted by Gasteiger charge is -2.17. The molecule has 2 fully saturated rings. The van der Waals surface area contributed by atoms with E-state index in [1.165, 1.54) is 32.1 Å². The minimum Gasteiger partial charge on any atom is -0.497 e. The van der Waals surface area contributed by atoms with Gasteiger partial charge in [-0.15, -0.1) is 0 Å². The number of methoxy groups -OCH3 is 1. The van der Waals surface area contributed by atoms with E-state index in [0.717, 1.165) is 36.0 Å². The molecular formula is C19H27NO3. The van der Waals surface area contributed by atoms with Gasteiger partial charge in [0.05, 0.1) is 13.7 Å². The zero-order valence-corrected chi connectivity index (χ0v) is 14.0. The molecule has 1 saturated heterocycles. The molecule has 4 nitrogen and oxygen atoms in total. The number of nitrogens with one attached hydrogen (secondary N) is 1. The predicted molar refractivity (Wildman–Crippen MR) is 90.0 cm³/mol. The van der Waals surface area contributed by atoms with Gasteiger partial charge in [-0.05, 0) is 30.4 Å². The van der Waals surface area contributed by atoms with E-state index >= 15 is 0 Å². The van der Waals surface area contributed by atoms with Crippen molar-refractivity contribution in [2.75, 3.05) is 20.3 Å². The maximum Gasteiger partial charge on any atom is 0.220 e. The molecular weight excluding hydrogens is 290 g/mol. The van der Waals surface area contributed by atoms with E-state index in [2.05, 4.69) is 5.32 Å².